The number of hydrogen-bond donors (Lipinski definition) is 1. The van der Waals surface area contributed by atoms with Gasteiger partial charge < -0.3 is 14.8 Å². The Kier molecular flexibility index (Phi) is 6.99. The largest absolute Gasteiger partial charge is 0.490 e. The Morgan fingerprint density at radius 2 is 2.08 bits per heavy atom. The Morgan fingerprint density at radius 3 is 2.75 bits per heavy atom. The molecule has 1 aromatic carbocycles. The summed E-state index contributed by atoms with van der Waals surface area (Å²) in [6.45, 7) is 1.10. The fraction of sp³-hybridized carbons (Fsp3) is 0.588. The van der Waals surface area contributed by atoms with Gasteiger partial charge in [-0.1, -0.05) is 19.3 Å². The van der Waals surface area contributed by atoms with Crippen molar-refractivity contribution in [3.8, 4) is 5.75 Å². The van der Waals surface area contributed by atoms with Crippen LogP contribution in [0.3, 0.4) is 0 Å². The third kappa shape index (κ3) is 5.19. The third-order valence-corrected chi connectivity index (χ3v) is 4.15. The molecule has 0 spiro atoms. The van der Waals surface area contributed by atoms with E-state index in [0.29, 0.717) is 19.3 Å². The Hall–Kier alpha value is -2.15. The number of nitro benzene ring substituents is 1. The molecule has 0 heterocycles. The average Bonchev–Trinajstić information content (AvgIpc) is 2.61. The zero-order valence-electron chi connectivity index (χ0n) is 14.0. The summed E-state index contributed by atoms with van der Waals surface area (Å²) >= 11 is 0. The predicted molar refractivity (Wildman–Crippen MR) is 89.4 cm³/mol. The maximum Gasteiger partial charge on any atom is 0.311 e. The molecule has 1 amide bonds. The molecule has 0 unspecified atom stereocenters. The van der Waals surface area contributed by atoms with E-state index in [2.05, 4.69) is 5.32 Å². The van der Waals surface area contributed by atoms with Crippen LogP contribution in [0.2, 0.25) is 0 Å². The second kappa shape index (κ2) is 9.22. The maximum absolute atomic E-state index is 12.1. The number of rotatable bonds is 8. The molecule has 0 atom stereocenters. The number of ether oxygens (including phenoxy) is 2. The van der Waals surface area contributed by atoms with Crippen molar-refractivity contribution in [3.05, 3.63) is 33.9 Å². The van der Waals surface area contributed by atoms with Crippen LogP contribution in [0.1, 0.15) is 48.9 Å². The molecule has 0 radical (unpaired) electrons. The van der Waals surface area contributed by atoms with Gasteiger partial charge in [0.25, 0.3) is 5.91 Å². The van der Waals surface area contributed by atoms with Crippen LogP contribution in [0.25, 0.3) is 0 Å². The van der Waals surface area contributed by atoms with Gasteiger partial charge in [-0.25, -0.2) is 0 Å². The van der Waals surface area contributed by atoms with Crippen molar-refractivity contribution in [1.29, 1.82) is 0 Å². The van der Waals surface area contributed by atoms with Gasteiger partial charge in [0.05, 0.1) is 18.1 Å². The van der Waals surface area contributed by atoms with Crippen LogP contribution in [0.4, 0.5) is 5.69 Å². The van der Waals surface area contributed by atoms with E-state index in [1.54, 1.807) is 0 Å². The number of amides is 1. The van der Waals surface area contributed by atoms with Gasteiger partial charge in [0.1, 0.15) is 0 Å². The zero-order valence-corrected chi connectivity index (χ0v) is 14.0. The van der Waals surface area contributed by atoms with E-state index in [1.807, 2.05) is 0 Å². The number of carbonyl (C=O) groups is 1. The lowest BCUT2D eigenvalue weighted by molar-refractivity contribution is -0.385. The second-order valence-electron chi connectivity index (χ2n) is 5.88. The van der Waals surface area contributed by atoms with Crippen molar-refractivity contribution in [2.45, 2.75) is 44.6 Å². The van der Waals surface area contributed by atoms with Gasteiger partial charge in [0.15, 0.2) is 5.75 Å². The lowest BCUT2D eigenvalue weighted by Crippen LogP contribution is -2.26. The maximum atomic E-state index is 12.1. The molecule has 1 saturated carbocycles. The van der Waals surface area contributed by atoms with Gasteiger partial charge >= 0.3 is 5.69 Å². The van der Waals surface area contributed by atoms with Crippen molar-refractivity contribution in [3.63, 3.8) is 0 Å². The van der Waals surface area contributed by atoms with Crippen LogP contribution in [-0.2, 0) is 4.74 Å². The quantitative estimate of drug-likeness (QED) is 0.447. The number of nitrogens with one attached hydrogen (secondary N) is 1. The number of nitrogens with zero attached hydrogens (tertiary/aromatic N) is 1. The van der Waals surface area contributed by atoms with Gasteiger partial charge in [0, 0.05) is 24.8 Å². The molecule has 132 valence electrons. The predicted octanol–water partition coefficient (Wildman–Crippen LogP) is 3.07. The molecule has 1 fully saturated rings. The summed E-state index contributed by atoms with van der Waals surface area (Å²) in [6, 6.07) is 4.17. The first-order valence-corrected chi connectivity index (χ1v) is 8.34. The number of benzene rings is 1. The smallest absolute Gasteiger partial charge is 0.311 e. The first-order valence-electron chi connectivity index (χ1n) is 8.34. The van der Waals surface area contributed by atoms with Crippen LogP contribution in [0.15, 0.2) is 18.2 Å². The molecule has 0 aliphatic heterocycles. The van der Waals surface area contributed by atoms with Gasteiger partial charge in [0.2, 0.25) is 0 Å². The Bertz CT molecular complexity index is 570. The molecule has 1 N–H and O–H groups in total. The highest BCUT2D eigenvalue weighted by atomic mass is 16.6. The molecule has 1 aliphatic rings. The summed E-state index contributed by atoms with van der Waals surface area (Å²) in [4.78, 5) is 22.5. The van der Waals surface area contributed by atoms with Crippen molar-refractivity contribution in [2.24, 2.45) is 0 Å². The molecule has 24 heavy (non-hydrogen) atoms. The van der Waals surface area contributed by atoms with Gasteiger partial charge in [-0.15, -0.1) is 0 Å². The fourth-order valence-corrected chi connectivity index (χ4v) is 2.83. The third-order valence-electron chi connectivity index (χ3n) is 4.15. The molecular weight excluding hydrogens is 312 g/mol. The first-order chi connectivity index (χ1) is 11.6. The number of carbonyl (C=O) groups excluding carboxylic acids is 1. The summed E-state index contributed by atoms with van der Waals surface area (Å²) in [5.41, 5.74) is 0.0291. The van der Waals surface area contributed by atoms with Crippen molar-refractivity contribution in [2.75, 3.05) is 20.3 Å². The van der Waals surface area contributed by atoms with Crippen molar-refractivity contribution >= 4 is 11.6 Å². The van der Waals surface area contributed by atoms with Crippen LogP contribution >= 0.6 is 0 Å². The van der Waals surface area contributed by atoms with Gasteiger partial charge in [-0.2, -0.15) is 0 Å². The van der Waals surface area contributed by atoms with Gasteiger partial charge in [-0.3, -0.25) is 14.9 Å². The number of nitro groups is 1. The molecular formula is C17H24N2O5. The van der Waals surface area contributed by atoms with E-state index < -0.39 is 4.92 Å². The molecule has 0 bridgehead atoms. The SMILES string of the molecule is COc1ccc(C(=O)NCCCOC2CCCCC2)cc1[N+](=O)[O-]. The molecule has 7 nitrogen and oxygen atoms in total. The van der Waals surface area contributed by atoms with Crippen LogP contribution in [0, 0.1) is 10.1 Å². The fourth-order valence-electron chi connectivity index (χ4n) is 2.83. The first kappa shape index (κ1) is 18.2. The Morgan fingerprint density at radius 1 is 1.33 bits per heavy atom. The molecule has 7 heteroatoms. The normalized spacial score (nSPS) is 15.0. The van der Waals surface area contributed by atoms with Crippen molar-refractivity contribution in [1.82, 2.24) is 5.32 Å². The van der Waals surface area contributed by atoms with Crippen molar-refractivity contribution < 1.29 is 19.2 Å². The molecule has 1 aliphatic carbocycles. The number of methoxy groups -OCH3 is 1. The Balaban J connectivity index is 1.75. The van der Waals surface area contributed by atoms with Gasteiger partial charge in [-0.05, 0) is 31.4 Å². The van der Waals surface area contributed by atoms with Crippen LogP contribution in [0.5, 0.6) is 5.75 Å². The van der Waals surface area contributed by atoms with Crippen LogP contribution < -0.4 is 10.1 Å². The summed E-state index contributed by atoms with van der Waals surface area (Å²) in [6.07, 6.45) is 7.10. The summed E-state index contributed by atoms with van der Waals surface area (Å²) in [5, 5.41) is 13.7. The highest BCUT2D eigenvalue weighted by Gasteiger charge is 2.18. The Labute approximate surface area is 141 Å². The molecule has 0 aromatic heterocycles. The van der Waals surface area contributed by atoms with E-state index in [9.17, 15) is 14.9 Å². The minimum Gasteiger partial charge on any atom is -0.490 e. The number of hydrogen-bond acceptors (Lipinski definition) is 5. The average molecular weight is 336 g/mol. The highest BCUT2D eigenvalue weighted by molar-refractivity contribution is 5.95. The lowest BCUT2D eigenvalue weighted by atomic mass is 9.98. The zero-order chi connectivity index (χ0) is 17.4. The minimum atomic E-state index is -0.562. The molecule has 1 aromatic rings. The topological polar surface area (TPSA) is 90.7 Å². The standard InChI is InChI=1S/C17H24N2O5/c1-23-16-9-8-13(12-15(16)19(21)22)17(20)18-10-5-11-24-14-6-3-2-4-7-14/h8-9,12,14H,2-7,10-11H2,1H3,(H,18,20). The summed E-state index contributed by atoms with van der Waals surface area (Å²) in [7, 11) is 1.36. The van der Waals surface area contributed by atoms with Crippen LogP contribution in [-0.4, -0.2) is 37.2 Å². The lowest BCUT2D eigenvalue weighted by Gasteiger charge is -2.21. The van der Waals surface area contributed by atoms with E-state index >= 15 is 0 Å². The van der Waals surface area contributed by atoms with E-state index in [-0.39, 0.29) is 22.9 Å². The van der Waals surface area contributed by atoms with E-state index in [0.717, 1.165) is 19.3 Å². The second-order valence-corrected chi connectivity index (χ2v) is 5.88. The van der Waals surface area contributed by atoms with E-state index in [1.165, 1.54) is 44.6 Å². The summed E-state index contributed by atoms with van der Waals surface area (Å²) in [5.74, 6) is -0.198. The van der Waals surface area contributed by atoms with E-state index in [4.69, 9.17) is 9.47 Å². The minimum absolute atomic E-state index is 0.137. The monoisotopic (exact) mass is 336 g/mol. The highest BCUT2D eigenvalue weighted by Crippen LogP contribution is 2.27. The molecule has 2 rings (SSSR count). The summed E-state index contributed by atoms with van der Waals surface area (Å²) < 4.78 is 10.7. The molecule has 0 saturated heterocycles.